The van der Waals surface area contributed by atoms with Crippen LogP contribution in [0.1, 0.15) is 13.8 Å². The Morgan fingerprint density at radius 3 is 2.70 bits per heavy atom. The van der Waals surface area contributed by atoms with Gasteiger partial charge in [0.05, 0.1) is 17.9 Å². The number of nitrogens with two attached hydrogens (primary N) is 1. The highest BCUT2D eigenvalue weighted by molar-refractivity contribution is 8.00. The van der Waals surface area contributed by atoms with Gasteiger partial charge in [0.1, 0.15) is 5.75 Å². The average molecular weight is 289 g/mol. The van der Waals surface area contributed by atoms with Gasteiger partial charge >= 0.3 is 0 Å². The minimum atomic E-state index is -0.227. The first-order valence-electron chi connectivity index (χ1n) is 6.15. The quantitative estimate of drug-likeness (QED) is 0.669. The fourth-order valence-electron chi connectivity index (χ4n) is 1.61. The molecule has 0 amide bonds. The number of ether oxygens (including phenoxy) is 1. The second kappa shape index (κ2) is 6.30. The highest BCUT2D eigenvalue weighted by atomic mass is 32.2. The molecular formula is C13H15N5OS. The van der Waals surface area contributed by atoms with Crippen LogP contribution >= 0.6 is 11.8 Å². The van der Waals surface area contributed by atoms with Crippen LogP contribution in [0.15, 0.2) is 29.4 Å². The van der Waals surface area contributed by atoms with Gasteiger partial charge in [-0.15, -0.1) is 10.2 Å². The molecule has 1 aromatic carbocycles. The first-order chi connectivity index (χ1) is 9.65. The highest BCUT2D eigenvalue weighted by Gasteiger charge is 2.14. The van der Waals surface area contributed by atoms with Crippen LogP contribution in [0.25, 0.3) is 11.4 Å². The Morgan fingerprint density at radius 1 is 1.40 bits per heavy atom. The Hall–Kier alpha value is -2.20. The summed E-state index contributed by atoms with van der Waals surface area (Å²) in [6.07, 6.45) is 0. The van der Waals surface area contributed by atoms with Crippen LogP contribution in [0, 0.1) is 11.3 Å². The maximum Gasteiger partial charge on any atom is 0.211 e. The normalized spacial score (nSPS) is 11.8. The topological polar surface area (TPSA) is 89.8 Å². The van der Waals surface area contributed by atoms with E-state index in [4.69, 9.17) is 15.8 Å². The molecule has 2 rings (SSSR count). The number of benzene rings is 1. The summed E-state index contributed by atoms with van der Waals surface area (Å²) in [7, 11) is 0. The first-order valence-corrected chi connectivity index (χ1v) is 7.03. The number of hydrogen-bond acceptors (Lipinski definition) is 6. The summed E-state index contributed by atoms with van der Waals surface area (Å²) in [4.78, 5) is 0. The van der Waals surface area contributed by atoms with Crippen molar-refractivity contribution in [1.29, 1.82) is 5.26 Å². The van der Waals surface area contributed by atoms with E-state index < -0.39 is 0 Å². The van der Waals surface area contributed by atoms with Crippen molar-refractivity contribution in [1.82, 2.24) is 14.9 Å². The third kappa shape index (κ3) is 3.03. The lowest BCUT2D eigenvalue weighted by atomic mass is 10.2. The molecule has 2 N–H and O–H groups in total. The molecule has 0 radical (unpaired) electrons. The number of hydrogen-bond donors (Lipinski definition) is 1. The Morgan fingerprint density at radius 2 is 2.10 bits per heavy atom. The predicted octanol–water partition coefficient (Wildman–Crippen LogP) is 2.06. The molecule has 0 aliphatic carbocycles. The Kier molecular flexibility index (Phi) is 4.48. The maximum atomic E-state index is 8.81. The van der Waals surface area contributed by atoms with Crippen LogP contribution in [0.3, 0.4) is 0 Å². The summed E-state index contributed by atoms with van der Waals surface area (Å²) in [5.74, 6) is 7.32. The zero-order valence-corrected chi connectivity index (χ0v) is 12.1. The number of thioether (sulfide) groups is 1. The van der Waals surface area contributed by atoms with Gasteiger partial charge in [0.2, 0.25) is 5.16 Å². The summed E-state index contributed by atoms with van der Waals surface area (Å²) in [6, 6.07) is 9.59. The van der Waals surface area contributed by atoms with E-state index in [-0.39, 0.29) is 5.25 Å². The maximum absolute atomic E-state index is 8.81. The molecule has 2 aromatic rings. The van der Waals surface area contributed by atoms with Gasteiger partial charge in [0.15, 0.2) is 5.82 Å². The van der Waals surface area contributed by atoms with Crippen molar-refractivity contribution in [3.05, 3.63) is 24.3 Å². The molecule has 7 heteroatoms. The molecule has 1 heterocycles. The molecule has 0 saturated heterocycles. The van der Waals surface area contributed by atoms with Crippen LogP contribution < -0.4 is 10.6 Å². The van der Waals surface area contributed by atoms with Crippen molar-refractivity contribution in [2.45, 2.75) is 24.3 Å². The molecule has 0 unspecified atom stereocenters. The number of aromatic nitrogens is 3. The van der Waals surface area contributed by atoms with Gasteiger partial charge in [-0.3, -0.25) is 0 Å². The molecule has 0 aliphatic rings. The SMILES string of the molecule is CCOc1ccc(-c2nnc(S[C@@H](C)C#N)n2N)cc1. The fourth-order valence-corrected chi connectivity index (χ4v) is 2.26. The van der Waals surface area contributed by atoms with Crippen LogP contribution in [0.2, 0.25) is 0 Å². The van der Waals surface area contributed by atoms with Crippen LogP contribution in [0.5, 0.6) is 5.75 Å². The number of nitrogen functional groups attached to an aromatic ring is 1. The van der Waals surface area contributed by atoms with Crippen molar-refractivity contribution in [2.75, 3.05) is 12.4 Å². The monoisotopic (exact) mass is 289 g/mol. The van der Waals surface area contributed by atoms with Crippen molar-refractivity contribution in [3.63, 3.8) is 0 Å². The molecule has 20 heavy (non-hydrogen) atoms. The molecule has 1 atom stereocenters. The molecule has 104 valence electrons. The Bertz CT molecular complexity index is 617. The van der Waals surface area contributed by atoms with Crippen LogP contribution in [-0.4, -0.2) is 26.7 Å². The Labute approximate surface area is 121 Å². The van der Waals surface area contributed by atoms with E-state index in [1.54, 1.807) is 6.92 Å². The summed E-state index contributed by atoms with van der Waals surface area (Å²) >= 11 is 1.28. The van der Waals surface area contributed by atoms with E-state index in [1.165, 1.54) is 16.4 Å². The Balaban J connectivity index is 2.23. The van der Waals surface area contributed by atoms with Gasteiger partial charge in [0.25, 0.3) is 0 Å². The van der Waals surface area contributed by atoms with Crippen LogP contribution in [-0.2, 0) is 0 Å². The summed E-state index contributed by atoms with van der Waals surface area (Å²) in [6.45, 7) is 4.35. The summed E-state index contributed by atoms with van der Waals surface area (Å²) in [5, 5.41) is 17.2. The number of nitriles is 1. The van der Waals surface area contributed by atoms with Crippen LogP contribution in [0.4, 0.5) is 0 Å². The van der Waals surface area contributed by atoms with Gasteiger partial charge in [-0.1, -0.05) is 11.8 Å². The molecule has 1 aromatic heterocycles. The molecular weight excluding hydrogens is 274 g/mol. The average Bonchev–Trinajstić information content (AvgIpc) is 2.81. The minimum absolute atomic E-state index is 0.227. The van der Waals surface area contributed by atoms with E-state index in [1.807, 2.05) is 31.2 Å². The smallest absolute Gasteiger partial charge is 0.211 e. The van der Waals surface area contributed by atoms with Gasteiger partial charge in [-0.25, -0.2) is 4.68 Å². The van der Waals surface area contributed by atoms with E-state index in [9.17, 15) is 0 Å². The van der Waals surface area contributed by atoms with Gasteiger partial charge in [-0.2, -0.15) is 5.26 Å². The largest absolute Gasteiger partial charge is 0.494 e. The molecule has 6 nitrogen and oxygen atoms in total. The second-order valence-corrected chi connectivity index (χ2v) is 5.33. The van der Waals surface area contributed by atoms with E-state index in [0.29, 0.717) is 17.6 Å². The van der Waals surface area contributed by atoms with E-state index >= 15 is 0 Å². The standard InChI is InChI=1S/C13H15N5OS/c1-3-19-11-6-4-10(5-7-11)12-16-17-13(18(12)15)20-9(2)8-14/h4-7,9H,3,15H2,1-2H3/t9-/m0/s1. The lowest BCUT2D eigenvalue weighted by Gasteiger charge is -2.06. The molecule has 0 fully saturated rings. The zero-order chi connectivity index (χ0) is 14.5. The molecule has 0 spiro atoms. The minimum Gasteiger partial charge on any atom is -0.494 e. The third-order valence-electron chi connectivity index (χ3n) is 2.55. The van der Waals surface area contributed by atoms with Gasteiger partial charge < -0.3 is 10.6 Å². The highest BCUT2D eigenvalue weighted by Crippen LogP contribution is 2.25. The summed E-state index contributed by atoms with van der Waals surface area (Å²) in [5.41, 5.74) is 0.847. The van der Waals surface area contributed by atoms with Gasteiger partial charge in [0, 0.05) is 5.56 Å². The van der Waals surface area contributed by atoms with Crippen molar-refractivity contribution in [2.24, 2.45) is 0 Å². The lowest BCUT2D eigenvalue weighted by Crippen LogP contribution is -2.12. The third-order valence-corrected chi connectivity index (χ3v) is 3.50. The number of rotatable bonds is 5. The first kappa shape index (κ1) is 14.2. The summed E-state index contributed by atoms with van der Waals surface area (Å²) < 4.78 is 6.78. The lowest BCUT2D eigenvalue weighted by molar-refractivity contribution is 0.340. The van der Waals surface area contributed by atoms with E-state index in [0.717, 1.165) is 11.3 Å². The fraction of sp³-hybridized carbons (Fsp3) is 0.308. The second-order valence-electron chi connectivity index (χ2n) is 4.02. The zero-order valence-electron chi connectivity index (χ0n) is 11.3. The molecule has 0 aliphatic heterocycles. The van der Waals surface area contributed by atoms with E-state index in [2.05, 4.69) is 16.3 Å². The predicted molar refractivity (Wildman–Crippen MR) is 77.7 cm³/mol. The molecule has 0 bridgehead atoms. The van der Waals surface area contributed by atoms with Crippen molar-refractivity contribution < 1.29 is 4.74 Å². The molecule has 0 saturated carbocycles. The van der Waals surface area contributed by atoms with Crippen molar-refractivity contribution in [3.8, 4) is 23.2 Å². The van der Waals surface area contributed by atoms with Crippen molar-refractivity contribution >= 4 is 11.8 Å². The number of nitrogens with zero attached hydrogens (tertiary/aromatic N) is 4. The van der Waals surface area contributed by atoms with Gasteiger partial charge in [-0.05, 0) is 38.1 Å².